The minimum absolute atomic E-state index is 0.827. The summed E-state index contributed by atoms with van der Waals surface area (Å²) >= 11 is 0. The summed E-state index contributed by atoms with van der Waals surface area (Å²) in [4.78, 5) is 4.66. The zero-order chi connectivity index (χ0) is 49.8. The quantitative estimate of drug-likeness (QED) is 0.152. The Morgan fingerprint density at radius 2 is 0.566 bits per heavy atom. The van der Waals surface area contributed by atoms with Crippen LogP contribution < -0.4 is 9.80 Å². The summed E-state index contributed by atoms with van der Waals surface area (Å²) in [5.74, 6) is 0. The third-order valence-electron chi connectivity index (χ3n) is 15.4. The Morgan fingerprint density at radius 1 is 0.224 bits per heavy atom. The number of hydrogen-bond acceptors (Lipinski definition) is 4. The van der Waals surface area contributed by atoms with Crippen molar-refractivity contribution >= 4 is 132 Å². The lowest BCUT2D eigenvalue weighted by atomic mass is 9.99. The molecule has 0 unspecified atom stereocenters. The lowest BCUT2D eigenvalue weighted by Gasteiger charge is -2.25. The van der Waals surface area contributed by atoms with Crippen molar-refractivity contribution in [1.82, 2.24) is 9.13 Å². The SMILES string of the molecule is c1ccc(N(c2ccc3c(c2)oc2ccc4c(ccc5oc6cc(N(c7ccccc7)c7ccc8c(c7)c7ccccc7n8-c7ccccc7)ccc6c54)c23)c2ccc3c(c2)c2ccccc2n3-c2ccccc2)cc1. The molecule has 0 bridgehead atoms. The standard InChI is InChI=1S/C70H44N4O2/c1-5-17-45(18-6-1)71(49-31-37-63-59(41-49)53-25-13-15-27-61(53)73(63)47-21-9-3-10-22-47)51-29-33-57-67(43-51)75-65-39-35-56-55(69(57)65)36-40-66-70(56)58-34-30-52(44-68(58)76-66)72(46-19-7-2-8-20-46)50-32-38-64-60(42-50)54-26-14-16-28-62(54)74(64)48-23-11-4-12-24-48/h1-44H. The molecule has 0 aliphatic heterocycles. The van der Waals surface area contributed by atoms with Crippen molar-refractivity contribution in [2.24, 2.45) is 0 Å². The first-order chi connectivity index (χ1) is 37.7. The largest absolute Gasteiger partial charge is 0.456 e. The summed E-state index contributed by atoms with van der Waals surface area (Å²) in [7, 11) is 0. The molecule has 76 heavy (non-hydrogen) atoms. The fourth-order valence-electron chi connectivity index (χ4n) is 12.2. The van der Waals surface area contributed by atoms with E-state index in [1.807, 2.05) is 0 Å². The fourth-order valence-corrected chi connectivity index (χ4v) is 12.2. The van der Waals surface area contributed by atoms with Crippen molar-refractivity contribution in [3.05, 3.63) is 267 Å². The van der Waals surface area contributed by atoms with Crippen LogP contribution in [0.3, 0.4) is 0 Å². The number of hydrogen-bond donors (Lipinski definition) is 0. The molecule has 0 atom stereocenters. The number of anilines is 6. The van der Waals surface area contributed by atoms with Gasteiger partial charge in [-0.15, -0.1) is 0 Å². The van der Waals surface area contributed by atoms with Crippen LogP contribution in [0.4, 0.5) is 34.1 Å². The van der Waals surface area contributed by atoms with Crippen molar-refractivity contribution in [1.29, 1.82) is 0 Å². The molecule has 0 spiro atoms. The molecule has 0 N–H and O–H groups in total. The molecule has 0 aliphatic carbocycles. The van der Waals surface area contributed by atoms with Crippen LogP contribution in [0.25, 0.3) is 110 Å². The molecule has 12 aromatic carbocycles. The second kappa shape index (κ2) is 16.6. The van der Waals surface area contributed by atoms with Gasteiger partial charge in [0.1, 0.15) is 22.3 Å². The van der Waals surface area contributed by atoms with Gasteiger partial charge in [-0.05, 0) is 156 Å². The molecule has 356 valence electrons. The molecule has 4 heterocycles. The first-order valence-corrected chi connectivity index (χ1v) is 25.8. The van der Waals surface area contributed by atoms with Gasteiger partial charge in [-0.1, -0.05) is 109 Å². The number of benzene rings is 12. The van der Waals surface area contributed by atoms with Gasteiger partial charge in [-0.2, -0.15) is 0 Å². The molecule has 0 aliphatic rings. The van der Waals surface area contributed by atoms with Crippen molar-refractivity contribution < 1.29 is 8.83 Å². The van der Waals surface area contributed by atoms with Crippen LogP contribution >= 0.6 is 0 Å². The smallest absolute Gasteiger partial charge is 0.137 e. The fraction of sp³-hybridized carbons (Fsp3) is 0. The molecular weight excluding hydrogens is 929 g/mol. The average molecular weight is 973 g/mol. The molecule has 0 saturated heterocycles. The van der Waals surface area contributed by atoms with E-state index in [-0.39, 0.29) is 0 Å². The van der Waals surface area contributed by atoms with Crippen LogP contribution in [0.1, 0.15) is 0 Å². The van der Waals surface area contributed by atoms with Gasteiger partial charge in [-0.25, -0.2) is 0 Å². The van der Waals surface area contributed by atoms with E-state index in [1.165, 1.54) is 32.6 Å². The highest BCUT2D eigenvalue weighted by molar-refractivity contribution is 6.28. The molecule has 6 nitrogen and oxygen atoms in total. The minimum Gasteiger partial charge on any atom is -0.456 e. The van der Waals surface area contributed by atoms with Crippen molar-refractivity contribution in [3.63, 3.8) is 0 Å². The third-order valence-corrected chi connectivity index (χ3v) is 15.4. The van der Waals surface area contributed by atoms with E-state index in [0.29, 0.717) is 0 Å². The maximum Gasteiger partial charge on any atom is 0.137 e. The van der Waals surface area contributed by atoms with Crippen molar-refractivity contribution in [2.75, 3.05) is 9.80 Å². The summed E-state index contributed by atoms with van der Waals surface area (Å²) in [5.41, 5.74) is 16.6. The van der Waals surface area contributed by atoms with Gasteiger partial charge >= 0.3 is 0 Å². The zero-order valence-corrected chi connectivity index (χ0v) is 41.0. The second-order valence-electron chi connectivity index (χ2n) is 19.7. The molecule has 16 aromatic rings. The van der Waals surface area contributed by atoms with E-state index in [9.17, 15) is 0 Å². The normalized spacial score (nSPS) is 11.9. The molecular formula is C70H44N4O2. The molecule has 0 amide bonds. The van der Waals surface area contributed by atoms with Crippen molar-refractivity contribution in [3.8, 4) is 11.4 Å². The Hall–Kier alpha value is -10.3. The number of nitrogens with zero attached hydrogens (tertiary/aromatic N) is 4. The van der Waals surface area contributed by atoms with Gasteiger partial charge in [0.05, 0.1) is 22.1 Å². The van der Waals surface area contributed by atoms with E-state index in [2.05, 4.69) is 286 Å². The van der Waals surface area contributed by atoms with Gasteiger partial charge in [0.2, 0.25) is 0 Å². The number of para-hydroxylation sites is 6. The number of aromatic nitrogens is 2. The van der Waals surface area contributed by atoms with Gasteiger partial charge in [0.15, 0.2) is 0 Å². The van der Waals surface area contributed by atoms with Crippen molar-refractivity contribution in [2.45, 2.75) is 0 Å². The highest BCUT2D eigenvalue weighted by atomic mass is 16.3. The molecule has 16 rings (SSSR count). The average Bonchev–Trinajstić information content (AvgIpc) is 4.27. The Morgan fingerprint density at radius 3 is 1.00 bits per heavy atom. The molecule has 6 heteroatoms. The summed E-state index contributed by atoms with van der Waals surface area (Å²) in [6, 6.07) is 95.4. The summed E-state index contributed by atoms with van der Waals surface area (Å²) < 4.78 is 18.4. The first kappa shape index (κ1) is 42.2. The van der Waals surface area contributed by atoms with E-state index < -0.39 is 0 Å². The van der Waals surface area contributed by atoms with E-state index >= 15 is 0 Å². The summed E-state index contributed by atoms with van der Waals surface area (Å²) in [6.45, 7) is 0. The Bertz CT molecular complexity index is 4620. The predicted molar refractivity (Wildman–Crippen MR) is 317 cm³/mol. The monoisotopic (exact) mass is 972 g/mol. The Balaban J connectivity index is 0.812. The van der Waals surface area contributed by atoms with E-state index in [0.717, 1.165) is 111 Å². The van der Waals surface area contributed by atoms with Gasteiger partial charge in [-0.3, -0.25) is 0 Å². The maximum atomic E-state index is 6.82. The first-order valence-electron chi connectivity index (χ1n) is 25.8. The second-order valence-corrected chi connectivity index (χ2v) is 19.7. The molecule has 0 fully saturated rings. The van der Waals surface area contributed by atoms with Crippen LogP contribution in [0.5, 0.6) is 0 Å². The predicted octanol–water partition coefficient (Wildman–Crippen LogP) is 19.8. The molecule has 4 aromatic heterocycles. The van der Waals surface area contributed by atoms with Gasteiger partial charge in [0, 0.05) is 101 Å². The Kier molecular flexibility index (Phi) is 9.23. The third kappa shape index (κ3) is 6.41. The van der Waals surface area contributed by atoms with Crippen LogP contribution in [0.2, 0.25) is 0 Å². The van der Waals surface area contributed by atoms with Gasteiger partial charge in [0.25, 0.3) is 0 Å². The lowest BCUT2D eigenvalue weighted by molar-refractivity contribution is 0.668. The number of furan rings is 2. The lowest BCUT2D eigenvalue weighted by Crippen LogP contribution is -2.09. The highest BCUT2D eigenvalue weighted by Crippen LogP contribution is 2.46. The summed E-state index contributed by atoms with van der Waals surface area (Å²) in [6.07, 6.45) is 0. The van der Waals surface area contributed by atoms with Crippen LogP contribution in [0, 0.1) is 0 Å². The number of fused-ring (bicyclic) bond motifs is 15. The molecule has 0 saturated carbocycles. The van der Waals surface area contributed by atoms with Crippen LogP contribution in [-0.2, 0) is 0 Å². The zero-order valence-electron chi connectivity index (χ0n) is 41.0. The van der Waals surface area contributed by atoms with E-state index in [4.69, 9.17) is 8.83 Å². The van der Waals surface area contributed by atoms with E-state index in [1.54, 1.807) is 0 Å². The number of rotatable bonds is 8. The minimum atomic E-state index is 0.827. The van der Waals surface area contributed by atoms with Gasteiger partial charge < -0.3 is 27.8 Å². The molecule has 0 radical (unpaired) electrons. The maximum absolute atomic E-state index is 6.82. The highest BCUT2D eigenvalue weighted by Gasteiger charge is 2.23. The summed E-state index contributed by atoms with van der Waals surface area (Å²) in [5, 5.41) is 11.4. The van der Waals surface area contributed by atoms with Crippen LogP contribution in [-0.4, -0.2) is 9.13 Å². The topological polar surface area (TPSA) is 42.6 Å². The van der Waals surface area contributed by atoms with Crippen LogP contribution in [0.15, 0.2) is 276 Å². The Labute approximate surface area is 436 Å².